The van der Waals surface area contributed by atoms with E-state index in [-0.39, 0.29) is 59.1 Å². The number of hydrogen-bond acceptors (Lipinski definition) is 15. The number of aliphatic hydroxyl groups excluding tert-OH is 8. The molecule has 0 aromatic carbocycles. The van der Waals surface area contributed by atoms with Crippen LogP contribution in [0.25, 0.3) is 0 Å². The zero-order valence-electron chi connectivity index (χ0n) is 16.0. The van der Waals surface area contributed by atoms with Crippen LogP contribution in [0.2, 0.25) is 0 Å². The Labute approximate surface area is 215 Å². The van der Waals surface area contributed by atoms with Crippen LogP contribution < -0.4 is 59.1 Å². The smallest absolute Gasteiger partial charge is 0.759 e. The molecule has 0 aliphatic carbocycles. The van der Waals surface area contributed by atoms with Gasteiger partial charge in [-0.3, -0.25) is 8.42 Å². The van der Waals surface area contributed by atoms with E-state index in [0.29, 0.717) is 0 Å². The van der Waals surface area contributed by atoms with Crippen LogP contribution in [0.4, 0.5) is 0 Å². The fourth-order valence-electron chi connectivity index (χ4n) is 2.57. The summed E-state index contributed by atoms with van der Waals surface area (Å²) in [5.41, 5.74) is 0. The van der Waals surface area contributed by atoms with Gasteiger partial charge in [0.05, 0.1) is 13.2 Å². The molecule has 2 rings (SSSR count). The van der Waals surface area contributed by atoms with Gasteiger partial charge in [0.2, 0.25) is 0 Å². The van der Waals surface area contributed by atoms with Crippen LogP contribution >= 0.6 is 0 Å². The molecular formula is C12H22Na2O15S. The van der Waals surface area contributed by atoms with Crippen molar-refractivity contribution in [2.24, 2.45) is 0 Å². The molecule has 0 unspecified atom stereocenters. The van der Waals surface area contributed by atoms with Crippen molar-refractivity contribution in [3.05, 3.63) is 0 Å². The van der Waals surface area contributed by atoms with Gasteiger partial charge >= 0.3 is 59.1 Å². The van der Waals surface area contributed by atoms with Gasteiger partial charge in [-0.15, -0.1) is 0 Å². The number of hydrogen-bond donors (Lipinski definition) is 8. The summed E-state index contributed by atoms with van der Waals surface area (Å²) in [6.45, 7) is -1.35. The molecule has 0 spiro atoms. The molecule has 2 fully saturated rings. The van der Waals surface area contributed by atoms with Crippen molar-refractivity contribution in [3.63, 3.8) is 0 Å². The normalized spacial score (nSPS) is 41.5. The number of rotatable bonds is 4. The zero-order chi connectivity index (χ0) is 21.8. The third-order valence-electron chi connectivity index (χ3n) is 3.98. The average Bonchev–Trinajstić information content (AvgIpc) is 2.60. The predicted octanol–water partition coefficient (Wildman–Crippen LogP) is -12.7. The van der Waals surface area contributed by atoms with Crippen molar-refractivity contribution in [2.75, 3.05) is 13.2 Å². The van der Waals surface area contributed by atoms with E-state index in [2.05, 4.69) is 0 Å². The maximum Gasteiger partial charge on any atom is 1.00 e. The van der Waals surface area contributed by atoms with Crippen LogP contribution in [0.15, 0.2) is 0 Å². The van der Waals surface area contributed by atoms with Crippen molar-refractivity contribution in [1.29, 1.82) is 0 Å². The van der Waals surface area contributed by atoms with Gasteiger partial charge in [0, 0.05) is 10.4 Å². The Morgan fingerprint density at radius 3 is 1.63 bits per heavy atom. The third kappa shape index (κ3) is 9.74. The van der Waals surface area contributed by atoms with Gasteiger partial charge in [-0.25, -0.2) is 0 Å². The SMILES string of the molecule is O=S(=O)([O-])[O-].OC[C@H]1O[C@@H](O[C@H]2[C@H](O)[C@@H](O)[C@H](O)O[C@@H]2CO)[C@H](O)[C@@H](O)[C@@H]1O.[Na+].[Na+]. The molecule has 2 saturated heterocycles. The number of ether oxygens (including phenoxy) is 3. The van der Waals surface area contributed by atoms with Gasteiger partial charge in [0.15, 0.2) is 12.6 Å². The molecule has 30 heavy (non-hydrogen) atoms. The Hall–Kier alpha value is 1.43. The topological polar surface area (TPSA) is 270 Å². The summed E-state index contributed by atoms with van der Waals surface area (Å²) in [5, 5.41) is 76.5. The van der Waals surface area contributed by atoms with Crippen LogP contribution in [0.1, 0.15) is 0 Å². The largest absolute Gasteiger partial charge is 1.00 e. The minimum Gasteiger partial charge on any atom is -0.759 e. The van der Waals surface area contributed by atoms with Gasteiger partial charge < -0.3 is 64.2 Å². The van der Waals surface area contributed by atoms with E-state index in [9.17, 15) is 35.7 Å². The summed E-state index contributed by atoms with van der Waals surface area (Å²) in [6, 6.07) is 0. The van der Waals surface area contributed by atoms with Crippen LogP contribution in [0, 0.1) is 0 Å². The molecule has 0 radical (unpaired) electrons. The van der Waals surface area contributed by atoms with Crippen LogP contribution in [-0.2, 0) is 24.6 Å². The van der Waals surface area contributed by atoms with Crippen LogP contribution in [-0.4, -0.2) is 133 Å². The summed E-state index contributed by atoms with van der Waals surface area (Å²) < 4.78 is 49.3. The molecule has 8 N–H and O–H groups in total. The van der Waals surface area contributed by atoms with Crippen LogP contribution in [0.3, 0.4) is 0 Å². The van der Waals surface area contributed by atoms with Crippen molar-refractivity contribution in [2.45, 2.75) is 61.4 Å². The standard InChI is InChI=1S/C12H22O11.2Na.H2O4S/c13-1-3-5(15)6(16)9(19)12(22-3)23-10-4(2-14)21-11(20)8(18)7(10)17;;;1-5(2,3)4/h3-20H,1-2H2;;;(H2,1,2,3,4)/q;2*+1;/p-2/t3-,4-,5-,6+,7-,8-,9-,10-,11-,12+;;;/m1.../s1. The second-order valence-corrected chi connectivity index (χ2v) is 6.75. The fraction of sp³-hybridized carbons (Fsp3) is 1.00. The second kappa shape index (κ2) is 14.6. The van der Waals surface area contributed by atoms with Gasteiger partial charge in [-0.1, -0.05) is 0 Å². The van der Waals surface area contributed by atoms with E-state index in [1.807, 2.05) is 0 Å². The van der Waals surface area contributed by atoms with Crippen molar-refractivity contribution in [1.82, 2.24) is 0 Å². The molecule has 15 nitrogen and oxygen atoms in total. The van der Waals surface area contributed by atoms with Gasteiger partial charge in [-0.05, 0) is 0 Å². The first-order chi connectivity index (χ1) is 12.8. The van der Waals surface area contributed by atoms with Gasteiger partial charge in [-0.2, -0.15) is 0 Å². The Kier molecular flexibility index (Phi) is 16.4. The Bertz CT molecular complexity index is 570. The van der Waals surface area contributed by atoms with E-state index in [1.54, 1.807) is 0 Å². The summed E-state index contributed by atoms with van der Waals surface area (Å²) in [7, 11) is -5.17. The molecule has 2 aliphatic heterocycles. The first-order valence-electron chi connectivity index (χ1n) is 7.75. The molecule has 0 bridgehead atoms. The maximum absolute atomic E-state index is 9.94. The van der Waals surface area contributed by atoms with E-state index >= 15 is 0 Å². The summed E-state index contributed by atoms with van der Waals surface area (Å²) in [4.78, 5) is 0. The van der Waals surface area contributed by atoms with E-state index in [1.165, 1.54) is 0 Å². The zero-order valence-corrected chi connectivity index (χ0v) is 20.8. The molecular weight excluding hydrogens is 462 g/mol. The van der Waals surface area contributed by atoms with Crippen molar-refractivity contribution < 1.29 is 132 Å². The van der Waals surface area contributed by atoms with Gasteiger partial charge in [0.25, 0.3) is 0 Å². The number of aliphatic hydroxyl groups is 8. The molecule has 0 aromatic rings. The van der Waals surface area contributed by atoms with Gasteiger partial charge in [0.1, 0.15) is 48.8 Å². The third-order valence-corrected chi connectivity index (χ3v) is 3.98. The minimum atomic E-state index is -5.17. The molecule has 2 heterocycles. The monoisotopic (exact) mass is 484 g/mol. The predicted molar refractivity (Wildman–Crippen MR) is 79.1 cm³/mol. The molecule has 10 atom stereocenters. The summed E-state index contributed by atoms with van der Waals surface area (Å²) in [5.74, 6) is 0. The molecule has 168 valence electrons. The molecule has 0 amide bonds. The maximum atomic E-state index is 9.94. The first kappa shape index (κ1) is 33.6. The average molecular weight is 484 g/mol. The summed E-state index contributed by atoms with van der Waals surface area (Å²) in [6.07, 6.45) is -15.6. The molecule has 0 aromatic heterocycles. The summed E-state index contributed by atoms with van der Waals surface area (Å²) >= 11 is 0. The first-order valence-corrected chi connectivity index (χ1v) is 9.08. The fourth-order valence-corrected chi connectivity index (χ4v) is 2.57. The Morgan fingerprint density at radius 1 is 0.733 bits per heavy atom. The molecule has 2 aliphatic rings. The molecule has 18 heteroatoms. The Morgan fingerprint density at radius 2 is 1.20 bits per heavy atom. The minimum absolute atomic E-state index is 0. The van der Waals surface area contributed by atoms with E-state index < -0.39 is 85.0 Å². The quantitative estimate of drug-likeness (QED) is 0.104. The van der Waals surface area contributed by atoms with E-state index in [4.69, 9.17) is 36.8 Å². The van der Waals surface area contributed by atoms with Crippen LogP contribution in [0.5, 0.6) is 0 Å². The van der Waals surface area contributed by atoms with Crippen molar-refractivity contribution in [3.8, 4) is 0 Å². The Balaban J connectivity index is 0. The molecule has 0 saturated carbocycles. The van der Waals surface area contributed by atoms with Crippen molar-refractivity contribution >= 4 is 10.4 Å². The van der Waals surface area contributed by atoms with E-state index in [0.717, 1.165) is 0 Å². The second-order valence-electron chi connectivity index (χ2n) is 5.94.